The number of nitrogens with zero attached hydrogens (tertiary/aromatic N) is 4. The molecule has 5 rings (SSSR count). The number of carboxylic acids is 1. The van der Waals surface area contributed by atoms with Crippen LogP contribution in [0.15, 0.2) is 79.0 Å². The zero-order chi connectivity index (χ0) is 25.4. The molecule has 10 heteroatoms. The van der Waals surface area contributed by atoms with Crippen LogP contribution in [0.2, 0.25) is 0 Å². The van der Waals surface area contributed by atoms with E-state index in [0.717, 1.165) is 23.3 Å². The number of hydrogen-bond acceptors (Lipinski definition) is 4. The lowest BCUT2D eigenvalue weighted by Crippen LogP contribution is -2.48. The van der Waals surface area contributed by atoms with Gasteiger partial charge in [0, 0.05) is 24.7 Å². The Morgan fingerprint density at radius 1 is 0.944 bits per heavy atom. The fraction of sp³-hybridized carbons (Fsp3) is 0.154. The van der Waals surface area contributed by atoms with Crippen molar-refractivity contribution in [2.24, 2.45) is 0 Å². The summed E-state index contributed by atoms with van der Waals surface area (Å²) in [5.74, 6) is -1.50. The van der Waals surface area contributed by atoms with Gasteiger partial charge in [-0.3, -0.25) is 4.79 Å². The molecular weight excluding hydrogens is 473 g/mol. The molecule has 2 aromatic carbocycles. The van der Waals surface area contributed by atoms with Crippen molar-refractivity contribution in [1.29, 1.82) is 0 Å². The first-order valence-corrected chi connectivity index (χ1v) is 11.0. The summed E-state index contributed by atoms with van der Waals surface area (Å²) in [4.78, 5) is 31.0. The number of halogens is 3. The van der Waals surface area contributed by atoms with Crippen LogP contribution in [0.5, 0.6) is 0 Å². The third-order valence-electron chi connectivity index (χ3n) is 6.07. The third-order valence-corrected chi connectivity index (χ3v) is 6.07. The van der Waals surface area contributed by atoms with Gasteiger partial charge < -0.3 is 10.0 Å². The van der Waals surface area contributed by atoms with Crippen LogP contribution in [0.3, 0.4) is 0 Å². The molecule has 1 aliphatic heterocycles. The normalized spacial score (nSPS) is 15.4. The van der Waals surface area contributed by atoms with Gasteiger partial charge in [0.25, 0.3) is 5.91 Å². The van der Waals surface area contributed by atoms with Crippen molar-refractivity contribution in [3.63, 3.8) is 0 Å². The lowest BCUT2D eigenvalue weighted by Gasteiger charge is -2.34. The van der Waals surface area contributed by atoms with E-state index in [9.17, 15) is 27.9 Å². The third kappa shape index (κ3) is 4.33. The Labute approximate surface area is 203 Å². The van der Waals surface area contributed by atoms with Gasteiger partial charge in [-0.15, -0.1) is 0 Å². The monoisotopic (exact) mass is 492 g/mol. The number of alkyl halides is 3. The van der Waals surface area contributed by atoms with Crippen LogP contribution in [-0.4, -0.2) is 42.7 Å². The number of aromatic nitrogens is 3. The minimum Gasteiger partial charge on any atom is -0.480 e. The first-order valence-electron chi connectivity index (χ1n) is 11.0. The highest BCUT2D eigenvalue weighted by Gasteiger charge is 2.36. The molecule has 0 saturated carbocycles. The van der Waals surface area contributed by atoms with E-state index < -0.39 is 29.7 Å². The van der Waals surface area contributed by atoms with E-state index in [-0.39, 0.29) is 29.9 Å². The topological polar surface area (TPSA) is 88.3 Å². The molecule has 0 unspecified atom stereocenters. The molecular formula is C26H19F3N4O3. The quantitative estimate of drug-likeness (QED) is 0.450. The Hall–Kier alpha value is -4.47. The first-order chi connectivity index (χ1) is 17.2. The molecule has 36 heavy (non-hydrogen) atoms. The van der Waals surface area contributed by atoms with Crippen molar-refractivity contribution < 1.29 is 27.9 Å². The molecule has 1 aliphatic rings. The summed E-state index contributed by atoms with van der Waals surface area (Å²) < 4.78 is 41.4. The maximum absolute atomic E-state index is 13.6. The summed E-state index contributed by atoms with van der Waals surface area (Å²) in [7, 11) is 0. The van der Waals surface area contributed by atoms with Gasteiger partial charge in [-0.2, -0.15) is 18.3 Å². The molecule has 0 radical (unpaired) electrons. The van der Waals surface area contributed by atoms with Crippen molar-refractivity contribution in [2.45, 2.75) is 25.2 Å². The number of rotatable bonds is 4. The predicted molar refractivity (Wildman–Crippen MR) is 123 cm³/mol. The van der Waals surface area contributed by atoms with E-state index in [4.69, 9.17) is 0 Å². The Balaban J connectivity index is 1.60. The molecule has 0 saturated heterocycles. The maximum atomic E-state index is 13.6. The van der Waals surface area contributed by atoms with E-state index in [0.29, 0.717) is 5.82 Å². The average molecular weight is 492 g/mol. The number of carbonyl (C=O) groups excluding carboxylic acids is 1. The number of benzene rings is 2. The van der Waals surface area contributed by atoms with Gasteiger partial charge in [0.1, 0.15) is 6.04 Å². The second kappa shape index (κ2) is 8.95. The highest BCUT2D eigenvalue weighted by Crippen LogP contribution is 2.33. The Morgan fingerprint density at radius 3 is 2.39 bits per heavy atom. The van der Waals surface area contributed by atoms with Crippen LogP contribution in [0, 0.1) is 0 Å². The highest BCUT2D eigenvalue weighted by atomic mass is 19.4. The van der Waals surface area contributed by atoms with E-state index in [1.807, 2.05) is 24.3 Å². The highest BCUT2D eigenvalue weighted by molar-refractivity contribution is 5.96. The molecule has 7 nitrogen and oxygen atoms in total. The molecule has 0 spiro atoms. The summed E-state index contributed by atoms with van der Waals surface area (Å²) in [6.07, 6.45) is -2.92. The van der Waals surface area contributed by atoms with Crippen molar-refractivity contribution in [1.82, 2.24) is 19.7 Å². The summed E-state index contributed by atoms with van der Waals surface area (Å²) in [5, 5.41) is 14.2. The fourth-order valence-electron chi connectivity index (χ4n) is 4.30. The van der Waals surface area contributed by atoms with Crippen LogP contribution >= 0.6 is 0 Å². The molecule has 0 aliphatic carbocycles. The second-order valence-corrected chi connectivity index (χ2v) is 8.35. The smallest absolute Gasteiger partial charge is 0.416 e. The molecule has 182 valence electrons. The van der Waals surface area contributed by atoms with Gasteiger partial charge >= 0.3 is 12.1 Å². The molecule has 1 N–H and O–H groups in total. The molecule has 4 aromatic rings. The van der Waals surface area contributed by atoms with Crippen molar-refractivity contribution >= 4 is 11.9 Å². The molecule has 1 amide bonds. The molecule has 3 heterocycles. The Kier molecular flexibility index (Phi) is 5.79. The fourth-order valence-corrected chi connectivity index (χ4v) is 4.30. The number of carbonyl (C=O) groups is 2. The summed E-state index contributed by atoms with van der Waals surface area (Å²) >= 11 is 0. The second-order valence-electron chi connectivity index (χ2n) is 8.35. The predicted octanol–water partition coefficient (Wildman–Crippen LogP) is 4.60. The van der Waals surface area contributed by atoms with Crippen LogP contribution in [-0.2, 0) is 23.9 Å². The van der Waals surface area contributed by atoms with Crippen molar-refractivity contribution in [3.05, 3.63) is 101 Å². The number of fused-ring (bicyclic) bond motifs is 1. The van der Waals surface area contributed by atoms with Gasteiger partial charge in [0.2, 0.25) is 0 Å². The van der Waals surface area contributed by atoms with E-state index >= 15 is 0 Å². The molecule has 2 aromatic heterocycles. The summed E-state index contributed by atoms with van der Waals surface area (Å²) in [6.45, 7) is 0.0707. The number of pyridine rings is 1. The molecule has 0 bridgehead atoms. The first kappa shape index (κ1) is 23.3. The maximum Gasteiger partial charge on any atom is 0.416 e. The number of amides is 1. The molecule has 1 atom stereocenters. The Morgan fingerprint density at radius 2 is 1.69 bits per heavy atom. The number of aliphatic carboxylic acids is 1. The largest absolute Gasteiger partial charge is 0.480 e. The van der Waals surface area contributed by atoms with Gasteiger partial charge in [0.15, 0.2) is 11.5 Å². The average Bonchev–Trinajstić information content (AvgIpc) is 3.33. The van der Waals surface area contributed by atoms with Crippen molar-refractivity contribution in [2.75, 3.05) is 0 Å². The zero-order valence-corrected chi connectivity index (χ0v) is 18.7. The molecule has 0 fully saturated rings. The van der Waals surface area contributed by atoms with Gasteiger partial charge in [-0.1, -0.05) is 42.5 Å². The summed E-state index contributed by atoms with van der Waals surface area (Å²) in [6, 6.07) is 17.2. The lowest BCUT2D eigenvalue weighted by atomic mass is 9.93. The number of carboxylic acid groups (broad SMARTS) is 1. The SMILES string of the molecule is O=C(O)[C@@H]1Cc2ccccc2CN1C(=O)c1cc(-c2cccc(C(F)(F)F)c2)n(-c2ccccn2)n1. The summed E-state index contributed by atoms with van der Waals surface area (Å²) in [5.41, 5.74) is 1.12. The van der Waals surface area contributed by atoms with Crippen molar-refractivity contribution in [3.8, 4) is 17.1 Å². The van der Waals surface area contributed by atoms with Gasteiger partial charge in [-0.05, 0) is 41.5 Å². The van der Waals surface area contributed by atoms with E-state index in [1.165, 1.54) is 34.0 Å². The Bertz CT molecular complexity index is 1450. The number of hydrogen-bond donors (Lipinski definition) is 1. The van der Waals surface area contributed by atoms with Gasteiger partial charge in [-0.25, -0.2) is 14.5 Å². The van der Waals surface area contributed by atoms with Crippen LogP contribution < -0.4 is 0 Å². The lowest BCUT2D eigenvalue weighted by molar-refractivity contribution is -0.143. The standard InChI is InChI=1S/C26H19F3N4O3/c27-26(28,29)19-9-5-8-17(12-19)21-14-20(31-33(21)23-10-3-4-11-30-23)24(34)32-15-18-7-2-1-6-16(18)13-22(32)25(35)36/h1-12,14,22H,13,15H2,(H,35,36)/t22-/m0/s1. The van der Waals surface area contributed by atoms with Gasteiger partial charge in [0.05, 0.1) is 11.3 Å². The zero-order valence-electron chi connectivity index (χ0n) is 18.7. The van der Waals surface area contributed by atoms with Crippen LogP contribution in [0.4, 0.5) is 13.2 Å². The van der Waals surface area contributed by atoms with Crippen LogP contribution in [0.1, 0.15) is 27.2 Å². The van der Waals surface area contributed by atoms with Crippen LogP contribution in [0.25, 0.3) is 17.1 Å². The van der Waals surface area contributed by atoms with E-state index in [1.54, 1.807) is 18.2 Å². The minimum atomic E-state index is -4.56. The van der Waals surface area contributed by atoms with E-state index in [2.05, 4.69) is 10.1 Å². The minimum absolute atomic E-state index is 0.0707.